The van der Waals surface area contributed by atoms with E-state index in [0.717, 1.165) is 18.4 Å². The molecule has 0 saturated carbocycles. The zero-order chi connectivity index (χ0) is 19.3. The first-order chi connectivity index (χ1) is 12.4. The summed E-state index contributed by atoms with van der Waals surface area (Å²) in [6, 6.07) is 8.29. The Morgan fingerprint density at radius 1 is 1.23 bits per heavy atom. The van der Waals surface area contributed by atoms with Gasteiger partial charge in [0.1, 0.15) is 0 Å². The molecule has 0 unspecified atom stereocenters. The van der Waals surface area contributed by atoms with Crippen LogP contribution in [-0.2, 0) is 11.3 Å². The first-order valence-corrected chi connectivity index (χ1v) is 10.2. The van der Waals surface area contributed by atoms with E-state index in [4.69, 9.17) is 11.6 Å². The van der Waals surface area contributed by atoms with Gasteiger partial charge in [-0.3, -0.25) is 9.69 Å². The number of hydrogen-bond donors (Lipinski definition) is 1. The second-order valence-electron chi connectivity index (χ2n) is 7.50. The van der Waals surface area contributed by atoms with E-state index in [1.54, 1.807) is 0 Å². The number of hydrogen-bond acceptors (Lipinski definition) is 3. The van der Waals surface area contributed by atoms with Gasteiger partial charge in [-0.25, -0.2) is 0 Å². The van der Waals surface area contributed by atoms with Crippen molar-refractivity contribution in [3.8, 4) is 0 Å². The fourth-order valence-electron chi connectivity index (χ4n) is 3.77. The van der Waals surface area contributed by atoms with Gasteiger partial charge in [-0.1, -0.05) is 43.6 Å². The molecule has 5 heteroatoms. The van der Waals surface area contributed by atoms with E-state index in [9.17, 15) is 9.90 Å². The van der Waals surface area contributed by atoms with Gasteiger partial charge in [0.05, 0.1) is 12.1 Å². The van der Waals surface area contributed by atoms with Crippen molar-refractivity contribution in [2.24, 2.45) is 0 Å². The summed E-state index contributed by atoms with van der Waals surface area (Å²) in [5.41, 5.74) is 0.933. The lowest BCUT2D eigenvalue weighted by molar-refractivity contribution is -0.131. The Kier molecular flexibility index (Phi) is 7.93. The predicted molar refractivity (Wildman–Crippen MR) is 107 cm³/mol. The molecule has 4 atom stereocenters. The SMILES string of the molecule is CC[C@@H](C)N(C[C@H](O)[C@H]1CCC(=O)N1Cc1ccccc1Cl)[C@@H](C)CC. The van der Waals surface area contributed by atoms with Crippen molar-refractivity contribution in [3.05, 3.63) is 34.9 Å². The minimum atomic E-state index is -0.549. The summed E-state index contributed by atoms with van der Waals surface area (Å²) in [5, 5.41) is 11.6. The maximum absolute atomic E-state index is 12.4. The smallest absolute Gasteiger partial charge is 0.223 e. The average molecular weight is 381 g/mol. The highest BCUT2D eigenvalue weighted by Gasteiger charge is 2.37. The number of nitrogens with zero attached hydrogens (tertiary/aromatic N) is 2. The van der Waals surface area contributed by atoms with Crippen molar-refractivity contribution < 1.29 is 9.90 Å². The third-order valence-corrected chi connectivity index (χ3v) is 6.20. The molecular weight excluding hydrogens is 348 g/mol. The number of aliphatic hydroxyl groups is 1. The summed E-state index contributed by atoms with van der Waals surface area (Å²) in [7, 11) is 0. The molecule has 1 N–H and O–H groups in total. The number of halogens is 1. The number of amides is 1. The second kappa shape index (κ2) is 9.72. The zero-order valence-electron chi connectivity index (χ0n) is 16.5. The van der Waals surface area contributed by atoms with Crippen LogP contribution in [0.4, 0.5) is 0 Å². The minimum Gasteiger partial charge on any atom is -0.390 e. The predicted octanol–water partition coefficient (Wildman–Crippen LogP) is 4.09. The lowest BCUT2D eigenvalue weighted by Crippen LogP contribution is -2.50. The highest BCUT2D eigenvalue weighted by molar-refractivity contribution is 6.31. The topological polar surface area (TPSA) is 43.8 Å². The molecule has 1 amide bonds. The van der Waals surface area contributed by atoms with E-state index >= 15 is 0 Å². The van der Waals surface area contributed by atoms with E-state index in [2.05, 4.69) is 32.6 Å². The Labute approximate surface area is 163 Å². The molecule has 4 nitrogen and oxygen atoms in total. The Bertz CT molecular complexity index is 585. The van der Waals surface area contributed by atoms with Gasteiger partial charge in [0.15, 0.2) is 0 Å². The quantitative estimate of drug-likeness (QED) is 0.701. The number of benzene rings is 1. The third-order valence-electron chi connectivity index (χ3n) is 5.83. The van der Waals surface area contributed by atoms with Crippen LogP contribution in [-0.4, -0.2) is 51.6 Å². The van der Waals surface area contributed by atoms with Crippen molar-refractivity contribution in [2.45, 2.75) is 84.2 Å². The van der Waals surface area contributed by atoms with E-state index in [1.807, 2.05) is 29.2 Å². The van der Waals surface area contributed by atoms with Crippen LogP contribution in [0.25, 0.3) is 0 Å². The highest BCUT2D eigenvalue weighted by Crippen LogP contribution is 2.27. The van der Waals surface area contributed by atoms with Crippen molar-refractivity contribution in [1.82, 2.24) is 9.80 Å². The number of likely N-dealkylation sites (tertiary alicyclic amines) is 1. The molecule has 1 saturated heterocycles. The van der Waals surface area contributed by atoms with Crippen LogP contribution in [0.5, 0.6) is 0 Å². The lowest BCUT2D eigenvalue weighted by atomic mass is 10.0. The Morgan fingerprint density at radius 2 is 1.85 bits per heavy atom. The largest absolute Gasteiger partial charge is 0.390 e. The van der Waals surface area contributed by atoms with Gasteiger partial charge >= 0.3 is 0 Å². The van der Waals surface area contributed by atoms with E-state index < -0.39 is 6.10 Å². The number of rotatable bonds is 9. The highest BCUT2D eigenvalue weighted by atomic mass is 35.5. The first kappa shape index (κ1) is 21.2. The number of carbonyl (C=O) groups excluding carboxylic acids is 1. The summed E-state index contributed by atoms with van der Waals surface area (Å²) < 4.78 is 0. The molecule has 1 aromatic carbocycles. The van der Waals surface area contributed by atoms with Crippen LogP contribution in [0.3, 0.4) is 0 Å². The van der Waals surface area contributed by atoms with Crippen molar-refractivity contribution in [2.75, 3.05) is 6.54 Å². The maximum Gasteiger partial charge on any atom is 0.223 e. The van der Waals surface area contributed by atoms with E-state index in [1.165, 1.54) is 0 Å². The molecule has 1 heterocycles. The molecule has 2 rings (SSSR count). The van der Waals surface area contributed by atoms with Crippen LogP contribution in [0.2, 0.25) is 5.02 Å². The van der Waals surface area contributed by atoms with Gasteiger partial charge in [-0.2, -0.15) is 0 Å². The first-order valence-electron chi connectivity index (χ1n) is 9.85. The van der Waals surface area contributed by atoms with Crippen LogP contribution in [0.1, 0.15) is 58.9 Å². The van der Waals surface area contributed by atoms with E-state index in [-0.39, 0.29) is 11.9 Å². The second-order valence-corrected chi connectivity index (χ2v) is 7.90. The molecule has 26 heavy (non-hydrogen) atoms. The van der Waals surface area contributed by atoms with Crippen LogP contribution in [0, 0.1) is 0 Å². The van der Waals surface area contributed by atoms with Gasteiger partial charge in [-0.15, -0.1) is 0 Å². The number of aliphatic hydroxyl groups excluding tert-OH is 1. The molecule has 0 aromatic heterocycles. The Hall–Kier alpha value is -1.10. The third kappa shape index (κ3) is 4.99. The molecule has 0 radical (unpaired) electrons. The molecule has 1 aromatic rings. The summed E-state index contributed by atoms with van der Waals surface area (Å²) in [5.74, 6) is 0.104. The van der Waals surface area contributed by atoms with Gasteiger partial charge in [0.25, 0.3) is 0 Å². The monoisotopic (exact) mass is 380 g/mol. The molecular formula is C21H33ClN2O2. The fraction of sp³-hybridized carbons (Fsp3) is 0.667. The van der Waals surface area contributed by atoms with Crippen molar-refractivity contribution in [3.63, 3.8) is 0 Å². The lowest BCUT2D eigenvalue weighted by Gasteiger charge is -2.38. The molecule has 0 bridgehead atoms. The van der Waals surface area contributed by atoms with Crippen molar-refractivity contribution in [1.29, 1.82) is 0 Å². The molecule has 1 aliphatic heterocycles. The summed E-state index contributed by atoms with van der Waals surface area (Å²) in [4.78, 5) is 16.6. The van der Waals surface area contributed by atoms with Gasteiger partial charge < -0.3 is 10.0 Å². The summed E-state index contributed by atoms with van der Waals surface area (Å²) in [6.07, 6.45) is 2.75. The summed E-state index contributed by atoms with van der Waals surface area (Å²) >= 11 is 6.27. The zero-order valence-corrected chi connectivity index (χ0v) is 17.2. The Morgan fingerprint density at radius 3 is 2.42 bits per heavy atom. The van der Waals surface area contributed by atoms with Crippen molar-refractivity contribution >= 4 is 17.5 Å². The van der Waals surface area contributed by atoms with Gasteiger partial charge in [0, 0.05) is 36.6 Å². The summed E-state index contributed by atoms with van der Waals surface area (Å²) in [6.45, 7) is 9.83. The molecule has 1 aliphatic rings. The van der Waals surface area contributed by atoms with Gasteiger partial charge in [-0.05, 0) is 44.7 Å². The maximum atomic E-state index is 12.4. The molecule has 146 valence electrons. The normalized spacial score (nSPS) is 21.3. The van der Waals surface area contributed by atoms with E-state index in [0.29, 0.717) is 43.0 Å². The van der Waals surface area contributed by atoms with Crippen LogP contribution in [0.15, 0.2) is 24.3 Å². The number of carbonyl (C=O) groups is 1. The Balaban J connectivity index is 2.11. The van der Waals surface area contributed by atoms with Gasteiger partial charge in [0.2, 0.25) is 5.91 Å². The average Bonchev–Trinajstić information content (AvgIpc) is 3.00. The minimum absolute atomic E-state index is 0.104. The fourth-order valence-corrected chi connectivity index (χ4v) is 3.97. The van der Waals surface area contributed by atoms with Crippen LogP contribution >= 0.6 is 11.6 Å². The molecule has 1 fully saturated rings. The van der Waals surface area contributed by atoms with Crippen LogP contribution < -0.4 is 0 Å². The molecule has 0 spiro atoms. The molecule has 0 aliphatic carbocycles. The standard InChI is InChI=1S/C21H33ClN2O2/c1-5-15(3)23(16(4)6-2)14-20(25)19-11-12-21(26)24(19)13-17-9-7-8-10-18(17)22/h7-10,15-16,19-20,25H,5-6,11-14H2,1-4H3/t15-,16+,19-,20+/m1/s1.